The van der Waals surface area contributed by atoms with E-state index < -0.39 is 0 Å². The Hall–Kier alpha value is -3.54. The zero-order valence-corrected chi connectivity index (χ0v) is 15.4. The first-order chi connectivity index (χ1) is 13.1. The molecule has 0 saturated carbocycles. The van der Waals surface area contributed by atoms with E-state index in [0.717, 1.165) is 16.9 Å². The number of methoxy groups -OCH3 is 2. The van der Waals surface area contributed by atoms with Crippen molar-refractivity contribution in [2.24, 2.45) is 0 Å². The van der Waals surface area contributed by atoms with Crippen molar-refractivity contribution in [3.63, 3.8) is 0 Å². The molecule has 1 amide bonds. The molecule has 0 fully saturated rings. The van der Waals surface area contributed by atoms with E-state index in [0.29, 0.717) is 22.7 Å². The van der Waals surface area contributed by atoms with Crippen molar-refractivity contribution >= 4 is 23.0 Å². The highest BCUT2D eigenvalue weighted by Gasteiger charge is 2.11. The number of benzene rings is 2. The van der Waals surface area contributed by atoms with Gasteiger partial charge in [-0.2, -0.15) is 0 Å². The fourth-order valence-electron chi connectivity index (χ4n) is 2.62. The summed E-state index contributed by atoms with van der Waals surface area (Å²) in [7, 11) is 3.11. The van der Waals surface area contributed by atoms with Gasteiger partial charge in [0.2, 0.25) is 0 Å². The highest BCUT2D eigenvalue weighted by atomic mass is 16.5. The summed E-state index contributed by atoms with van der Waals surface area (Å²) < 4.78 is 10.5. The Labute approximate surface area is 158 Å². The molecule has 2 N–H and O–H groups in total. The van der Waals surface area contributed by atoms with Gasteiger partial charge in [-0.25, -0.2) is 0 Å². The molecule has 1 aromatic heterocycles. The molecule has 0 aliphatic rings. The van der Waals surface area contributed by atoms with Crippen LogP contribution in [-0.2, 0) is 0 Å². The lowest BCUT2D eigenvalue weighted by molar-refractivity contribution is 0.102. The number of anilines is 3. The Bertz CT molecular complexity index is 957. The van der Waals surface area contributed by atoms with Crippen molar-refractivity contribution in [2.45, 2.75) is 6.92 Å². The minimum Gasteiger partial charge on any atom is -0.493 e. The number of hydrogen-bond donors (Lipinski definition) is 2. The second-order valence-electron chi connectivity index (χ2n) is 5.93. The topological polar surface area (TPSA) is 72.5 Å². The number of carbonyl (C=O) groups excluding carboxylic acids is 1. The second kappa shape index (κ2) is 8.23. The minimum atomic E-state index is -0.261. The number of carbonyl (C=O) groups is 1. The van der Waals surface area contributed by atoms with Gasteiger partial charge >= 0.3 is 0 Å². The Morgan fingerprint density at radius 3 is 2.44 bits per heavy atom. The van der Waals surface area contributed by atoms with E-state index in [1.165, 1.54) is 6.20 Å². The quantitative estimate of drug-likeness (QED) is 0.679. The third-order valence-corrected chi connectivity index (χ3v) is 4.07. The van der Waals surface area contributed by atoms with Gasteiger partial charge in [0, 0.05) is 23.6 Å². The first-order valence-corrected chi connectivity index (χ1v) is 8.42. The van der Waals surface area contributed by atoms with Crippen LogP contribution in [0.5, 0.6) is 11.5 Å². The monoisotopic (exact) mass is 363 g/mol. The fourth-order valence-corrected chi connectivity index (χ4v) is 2.62. The summed E-state index contributed by atoms with van der Waals surface area (Å²) in [4.78, 5) is 16.8. The van der Waals surface area contributed by atoms with E-state index in [9.17, 15) is 4.79 Å². The molecule has 0 saturated heterocycles. The van der Waals surface area contributed by atoms with Gasteiger partial charge in [-0.15, -0.1) is 0 Å². The van der Waals surface area contributed by atoms with Gasteiger partial charge in [-0.05, 0) is 36.8 Å². The van der Waals surface area contributed by atoms with Gasteiger partial charge in [-0.3, -0.25) is 9.78 Å². The van der Waals surface area contributed by atoms with Gasteiger partial charge in [0.1, 0.15) is 0 Å². The van der Waals surface area contributed by atoms with Gasteiger partial charge in [0.25, 0.3) is 5.91 Å². The van der Waals surface area contributed by atoms with E-state index >= 15 is 0 Å². The Morgan fingerprint density at radius 1 is 0.926 bits per heavy atom. The minimum absolute atomic E-state index is 0.261. The number of nitrogens with one attached hydrogen (secondary N) is 2. The van der Waals surface area contributed by atoms with E-state index in [-0.39, 0.29) is 5.91 Å². The van der Waals surface area contributed by atoms with Gasteiger partial charge in [0.05, 0.1) is 31.7 Å². The summed E-state index contributed by atoms with van der Waals surface area (Å²) in [6, 6.07) is 14.9. The molecule has 138 valence electrons. The van der Waals surface area contributed by atoms with Crippen LogP contribution >= 0.6 is 0 Å². The zero-order chi connectivity index (χ0) is 19.2. The number of aromatic nitrogens is 1. The van der Waals surface area contributed by atoms with Crippen LogP contribution in [0.25, 0.3) is 0 Å². The number of amides is 1. The summed E-state index contributed by atoms with van der Waals surface area (Å²) in [6.45, 7) is 2.02. The maximum Gasteiger partial charge on any atom is 0.257 e. The summed E-state index contributed by atoms with van der Waals surface area (Å²) in [5.74, 6) is 0.883. The molecule has 0 spiro atoms. The lowest BCUT2D eigenvalue weighted by Crippen LogP contribution is -2.12. The molecule has 27 heavy (non-hydrogen) atoms. The number of para-hydroxylation sites is 1. The van der Waals surface area contributed by atoms with Gasteiger partial charge in [-0.1, -0.05) is 18.2 Å². The first kappa shape index (κ1) is 18.3. The molecule has 6 heteroatoms. The SMILES string of the molecule is COc1ccc(NC(=O)c2cncc(Nc3ccccc3C)c2)cc1OC. The highest BCUT2D eigenvalue weighted by Crippen LogP contribution is 2.30. The van der Waals surface area contributed by atoms with Crippen LogP contribution in [0.3, 0.4) is 0 Å². The number of ether oxygens (including phenoxy) is 2. The van der Waals surface area contributed by atoms with Crippen molar-refractivity contribution in [1.82, 2.24) is 4.98 Å². The molecule has 0 unspecified atom stereocenters. The summed E-state index contributed by atoms with van der Waals surface area (Å²) in [6.07, 6.45) is 3.21. The molecule has 6 nitrogen and oxygen atoms in total. The molecular formula is C21H21N3O3. The molecular weight excluding hydrogens is 342 g/mol. The Balaban J connectivity index is 1.77. The first-order valence-electron chi connectivity index (χ1n) is 8.42. The van der Waals surface area contributed by atoms with Crippen LogP contribution in [0.15, 0.2) is 60.9 Å². The van der Waals surface area contributed by atoms with Crippen molar-refractivity contribution in [3.8, 4) is 11.5 Å². The van der Waals surface area contributed by atoms with Crippen molar-refractivity contribution in [1.29, 1.82) is 0 Å². The summed E-state index contributed by atoms with van der Waals surface area (Å²) in [5, 5.41) is 6.13. The van der Waals surface area contributed by atoms with E-state index in [4.69, 9.17) is 9.47 Å². The maximum absolute atomic E-state index is 12.6. The molecule has 3 aromatic rings. The van der Waals surface area contributed by atoms with Crippen LogP contribution in [0.4, 0.5) is 17.1 Å². The van der Waals surface area contributed by atoms with Crippen LogP contribution < -0.4 is 20.1 Å². The third-order valence-electron chi connectivity index (χ3n) is 4.07. The number of rotatable bonds is 6. The fraction of sp³-hybridized carbons (Fsp3) is 0.143. The predicted octanol–water partition coefficient (Wildman–Crippen LogP) is 4.40. The number of nitrogens with zero attached hydrogens (tertiary/aromatic N) is 1. The summed E-state index contributed by atoms with van der Waals surface area (Å²) in [5.41, 5.74) is 3.87. The van der Waals surface area contributed by atoms with Crippen molar-refractivity contribution < 1.29 is 14.3 Å². The van der Waals surface area contributed by atoms with Crippen LogP contribution in [0.1, 0.15) is 15.9 Å². The van der Waals surface area contributed by atoms with Crippen LogP contribution in [-0.4, -0.2) is 25.1 Å². The largest absolute Gasteiger partial charge is 0.493 e. The number of pyridine rings is 1. The Kier molecular flexibility index (Phi) is 5.56. The molecule has 0 aliphatic heterocycles. The smallest absolute Gasteiger partial charge is 0.257 e. The van der Waals surface area contributed by atoms with Crippen LogP contribution in [0.2, 0.25) is 0 Å². The van der Waals surface area contributed by atoms with Crippen LogP contribution in [0, 0.1) is 6.92 Å². The van der Waals surface area contributed by atoms with Gasteiger partial charge in [0.15, 0.2) is 11.5 Å². The predicted molar refractivity (Wildman–Crippen MR) is 106 cm³/mol. The van der Waals surface area contributed by atoms with Crippen molar-refractivity contribution in [3.05, 3.63) is 72.1 Å². The third kappa shape index (κ3) is 4.36. The molecule has 0 bridgehead atoms. The number of hydrogen-bond acceptors (Lipinski definition) is 5. The van der Waals surface area contributed by atoms with E-state index in [1.54, 1.807) is 44.7 Å². The molecule has 2 aromatic carbocycles. The standard InChI is InChI=1S/C21H21N3O3/c1-14-6-4-5-7-18(14)23-17-10-15(12-22-13-17)21(25)24-16-8-9-19(26-2)20(11-16)27-3/h4-13,23H,1-3H3,(H,24,25). The Morgan fingerprint density at radius 2 is 1.70 bits per heavy atom. The normalized spacial score (nSPS) is 10.2. The molecule has 0 aliphatic carbocycles. The van der Waals surface area contributed by atoms with Crippen molar-refractivity contribution in [2.75, 3.05) is 24.9 Å². The second-order valence-corrected chi connectivity index (χ2v) is 5.93. The van der Waals surface area contributed by atoms with E-state index in [2.05, 4.69) is 15.6 Å². The average Bonchev–Trinajstić information content (AvgIpc) is 2.70. The summed E-state index contributed by atoms with van der Waals surface area (Å²) >= 11 is 0. The molecule has 0 radical (unpaired) electrons. The zero-order valence-electron chi connectivity index (χ0n) is 15.4. The van der Waals surface area contributed by atoms with Gasteiger partial charge < -0.3 is 20.1 Å². The highest BCUT2D eigenvalue weighted by molar-refractivity contribution is 6.04. The molecule has 3 rings (SSSR count). The lowest BCUT2D eigenvalue weighted by atomic mass is 10.2. The molecule has 0 atom stereocenters. The van der Waals surface area contributed by atoms with E-state index in [1.807, 2.05) is 31.2 Å². The molecule has 1 heterocycles. The maximum atomic E-state index is 12.6. The lowest BCUT2D eigenvalue weighted by Gasteiger charge is -2.12. The number of aryl methyl sites for hydroxylation is 1. The average molecular weight is 363 g/mol.